The Labute approximate surface area is 282 Å². The lowest BCUT2D eigenvalue weighted by Gasteiger charge is -2.25. The predicted molar refractivity (Wildman–Crippen MR) is 204 cm³/mol. The topological polar surface area (TPSA) is 29.5 Å². The van der Waals surface area contributed by atoms with E-state index in [1.165, 1.54) is 16.5 Å². The van der Waals surface area contributed by atoms with E-state index >= 15 is 0 Å². The summed E-state index contributed by atoms with van der Waals surface area (Å²) in [6, 6.07) is 61.8. The van der Waals surface area contributed by atoms with Gasteiger partial charge in [0.05, 0.1) is 0 Å². The minimum absolute atomic E-state index is 0.858. The molecule has 0 fully saturated rings. The highest BCUT2D eigenvalue weighted by atomic mass is 16.3. The van der Waals surface area contributed by atoms with Crippen LogP contribution in [0.4, 0.5) is 17.1 Å². The van der Waals surface area contributed by atoms with Crippen LogP contribution >= 0.6 is 0 Å². The molecular formula is C46H29NO2. The molecule has 0 unspecified atom stereocenters. The molecule has 0 N–H and O–H groups in total. The highest BCUT2D eigenvalue weighted by Gasteiger charge is 2.19. The van der Waals surface area contributed by atoms with E-state index in [0.29, 0.717) is 0 Å². The number of nitrogens with zero attached hydrogens (tertiary/aromatic N) is 1. The molecule has 8 aromatic carbocycles. The maximum Gasteiger partial charge on any atom is 0.143 e. The zero-order chi connectivity index (χ0) is 32.3. The third-order valence-electron chi connectivity index (χ3n) is 9.66. The van der Waals surface area contributed by atoms with Crippen molar-refractivity contribution in [3.8, 4) is 22.3 Å². The molecule has 3 nitrogen and oxygen atoms in total. The van der Waals surface area contributed by atoms with Crippen molar-refractivity contribution in [3.05, 3.63) is 176 Å². The monoisotopic (exact) mass is 627 g/mol. The van der Waals surface area contributed by atoms with Crippen molar-refractivity contribution < 1.29 is 8.83 Å². The van der Waals surface area contributed by atoms with Crippen LogP contribution in [0.15, 0.2) is 185 Å². The van der Waals surface area contributed by atoms with Crippen LogP contribution in [0.2, 0.25) is 0 Å². The molecule has 230 valence electrons. The third kappa shape index (κ3) is 4.44. The summed E-state index contributed by atoms with van der Waals surface area (Å²) < 4.78 is 13.1. The second kappa shape index (κ2) is 11.0. The summed E-state index contributed by atoms with van der Waals surface area (Å²) in [5.41, 5.74) is 11.3. The van der Waals surface area contributed by atoms with Crippen molar-refractivity contribution in [2.45, 2.75) is 0 Å². The minimum Gasteiger partial charge on any atom is -0.455 e. The number of benzene rings is 8. The van der Waals surface area contributed by atoms with Gasteiger partial charge in [-0.15, -0.1) is 0 Å². The van der Waals surface area contributed by atoms with Crippen LogP contribution in [-0.4, -0.2) is 0 Å². The summed E-state index contributed by atoms with van der Waals surface area (Å²) in [5.74, 6) is 0. The van der Waals surface area contributed by atoms with E-state index in [9.17, 15) is 0 Å². The lowest BCUT2D eigenvalue weighted by atomic mass is 9.95. The van der Waals surface area contributed by atoms with Gasteiger partial charge < -0.3 is 13.7 Å². The molecular weight excluding hydrogens is 599 g/mol. The highest BCUT2D eigenvalue weighted by molar-refractivity contribution is 6.19. The van der Waals surface area contributed by atoms with Gasteiger partial charge in [0.2, 0.25) is 0 Å². The second-order valence-electron chi connectivity index (χ2n) is 12.5. The van der Waals surface area contributed by atoms with E-state index in [1.807, 2.05) is 12.1 Å². The van der Waals surface area contributed by atoms with Crippen LogP contribution in [0.5, 0.6) is 0 Å². The molecule has 2 aromatic heterocycles. The third-order valence-corrected chi connectivity index (χ3v) is 9.66. The largest absolute Gasteiger partial charge is 0.455 e. The molecule has 2 heterocycles. The molecule has 49 heavy (non-hydrogen) atoms. The van der Waals surface area contributed by atoms with E-state index in [1.54, 1.807) is 0 Å². The number of hydrogen-bond donors (Lipinski definition) is 0. The first-order valence-electron chi connectivity index (χ1n) is 16.6. The molecule has 0 bridgehead atoms. The van der Waals surface area contributed by atoms with E-state index in [0.717, 1.165) is 77.5 Å². The molecule has 3 heteroatoms. The van der Waals surface area contributed by atoms with Gasteiger partial charge in [0, 0.05) is 55.6 Å². The van der Waals surface area contributed by atoms with Crippen LogP contribution in [-0.2, 0) is 0 Å². The number of anilines is 3. The Hall–Kier alpha value is -6.58. The average molecular weight is 628 g/mol. The first-order valence-corrected chi connectivity index (χ1v) is 16.6. The van der Waals surface area contributed by atoms with Gasteiger partial charge in [-0.25, -0.2) is 0 Å². The second-order valence-corrected chi connectivity index (χ2v) is 12.5. The summed E-state index contributed by atoms with van der Waals surface area (Å²) in [6.45, 7) is 0. The van der Waals surface area contributed by atoms with E-state index < -0.39 is 0 Å². The van der Waals surface area contributed by atoms with Crippen molar-refractivity contribution in [2.75, 3.05) is 4.90 Å². The van der Waals surface area contributed by atoms with Gasteiger partial charge in [0.1, 0.15) is 22.3 Å². The van der Waals surface area contributed by atoms with Gasteiger partial charge in [-0.1, -0.05) is 121 Å². The first kappa shape index (κ1) is 27.5. The SMILES string of the molecule is c1ccc(-c2cc3c4ccc(N(c5ccccc5)c5ccc(-c6cccc7c6oc6ccccc67)cc5)cc4oc3c3ccccc23)cc1. The smallest absolute Gasteiger partial charge is 0.143 e. The van der Waals surface area contributed by atoms with Crippen LogP contribution in [0.3, 0.4) is 0 Å². The molecule has 0 atom stereocenters. The number of fused-ring (bicyclic) bond motifs is 8. The summed E-state index contributed by atoms with van der Waals surface area (Å²) in [6.07, 6.45) is 0. The number of furan rings is 2. The van der Waals surface area contributed by atoms with Crippen molar-refractivity contribution in [2.24, 2.45) is 0 Å². The van der Waals surface area contributed by atoms with E-state index in [4.69, 9.17) is 8.83 Å². The Morgan fingerprint density at radius 3 is 1.69 bits per heavy atom. The number of hydrogen-bond acceptors (Lipinski definition) is 3. The van der Waals surface area contributed by atoms with Gasteiger partial charge in [0.15, 0.2) is 0 Å². The Morgan fingerprint density at radius 2 is 0.878 bits per heavy atom. The van der Waals surface area contributed by atoms with Crippen LogP contribution < -0.4 is 4.90 Å². The van der Waals surface area contributed by atoms with Crippen molar-refractivity contribution in [3.63, 3.8) is 0 Å². The molecule has 0 spiro atoms. The molecule has 0 radical (unpaired) electrons. The van der Waals surface area contributed by atoms with Gasteiger partial charge >= 0.3 is 0 Å². The molecule has 0 aliphatic carbocycles. The van der Waals surface area contributed by atoms with Gasteiger partial charge in [-0.05, 0) is 70.6 Å². The molecule has 10 rings (SSSR count). The van der Waals surface area contributed by atoms with Crippen molar-refractivity contribution in [1.29, 1.82) is 0 Å². The van der Waals surface area contributed by atoms with Gasteiger partial charge in [-0.3, -0.25) is 0 Å². The maximum atomic E-state index is 6.72. The average Bonchev–Trinajstić information content (AvgIpc) is 3.74. The molecule has 0 saturated carbocycles. The van der Waals surface area contributed by atoms with E-state index in [-0.39, 0.29) is 0 Å². The van der Waals surface area contributed by atoms with Crippen LogP contribution in [0, 0.1) is 0 Å². The quantitative estimate of drug-likeness (QED) is 0.190. The minimum atomic E-state index is 0.858. The summed E-state index contributed by atoms with van der Waals surface area (Å²) in [4.78, 5) is 2.28. The lowest BCUT2D eigenvalue weighted by Crippen LogP contribution is -2.09. The fourth-order valence-corrected chi connectivity index (χ4v) is 7.37. The molecule has 10 aromatic rings. The summed E-state index contributed by atoms with van der Waals surface area (Å²) >= 11 is 0. The standard InChI is InChI=1S/C46H29NO2/c1-3-12-30(13-4-1)41-29-42-38-27-26-34(28-44(38)49-46(42)39-18-8-7-16-36(39)41)47(32-14-5-2-6-15-32)33-24-22-31(23-25-33)35-19-11-20-40-37-17-9-10-21-43(37)48-45(35)40/h1-29H. The van der Waals surface area contributed by atoms with Crippen LogP contribution in [0.1, 0.15) is 0 Å². The Morgan fingerprint density at radius 1 is 0.306 bits per heavy atom. The van der Waals surface area contributed by atoms with Gasteiger partial charge in [0.25, 0.3) is 0 Å². The number of rotatable bonds is 5. The number of para-hydroxylation sites is 3. The Balaban J connectivity index is 1.11. The van der Waals surface area contributed by atoms with Crippen molar-refractivity contribution in [1.82, 2.24) is 0 Å². The fourth-order valence-electron chi connectivity index (χ4n) is 7.37. The first-order chi connectivity index (χ1) is 24.3. The highest BCUT2D eigenvalue weighted by Crippen LogP contribution is 2.43. The molecule has 0 aliphatic rings. The molecule has 0 saturated heterocycles. The maximum absolute atomic E-state index is 6.72. The van der Waals surface area contributed by atoms with Crippen molar-refractivity contribution >= 4 is 71.7 Å². The zero-order valence-corrected chi connectivity index (χ0v) is 26.5. The lowest BCUT2D eigenvalue weighted by molar-refractivity contribution is 0.670. The van der Waals surface area contributed by atoms with Gasteiger partial charge in [-0.2, -0.15) is 0 Å². The summed E-state index contributed by atoms with van der Waals surface area (Å²) in [7, 11) is 0. The normalized spacial score (nSPS) is 11.7. The molecule has 0 aliphatic heterocycles. The fraction of sp³-hybridized carbons (Fsp3) is 0. The predicted octanol–water partition coefficient (Wildman–Crippen LogP) is 13.4. The Kier molecular flexibility index (Phi) is 6.18. The Bertz CT molecular complexity index is 2810. The molecule has 0 amide bonds. The van der Waals surface area contributed by atoms with Crippen LogP contribution in [0.25, 0.3) is 76.9 Å². The zero-order valence-electron chi connectivity index (χ0n) is 26.5. The summed E-state index contributed by atoms with van der Waals surface area (Å²) in [5, 5.41) is 6.79. The van der Waals surface area contributed by atoms with E-state index in [2.05, 4.69) is 169 Å².